The largest absolute Gasteiger partial charge is 0.350 e. The lowest BCUT2D eigenvalue weighted by atomic mass is 10.0. The highest BCUT2D eigenvalue weighted by Crippen LogP contribution is 2.26. The Kier molecular flexibility index (Phi) is 5.69. The van der Waals surface area contributed by atoms with E-state index < -0.39 is 0 Å². The van der Waals surface area contributed by atoms with Crippen LogP contribution in [0.3, 0.4) is 0 Å². The maximum Gasteiger partial charge on any atom is 0.251 e. The van der Waals surface area contributed by atoms with Crippen LogP contribution in [0, 0.1) is 13.8 Å². The van der Waals surface area contributed by atoms with Crippen LogP contribution >= 0.6 is 11.3 Å². The van der Waals surface area contributed by atoms with Crippen molar-refractivity contribution >= 4 is 17.2 Å². The fourth-order valence-electron chi connectivity index (χ4n) is 3.55. The monoisotopic (exact) mass is 342 g/mol. The van der Waals surface area contributed by atoms with E-state index in [0.29, 0.717) is 6.54 Å². The molecule has 0 bridgehead atoms. The second kappa shape index (κ2) is 7.95. The summed E-state index contributed by atoms with van der Waals surface area (Å²) < 4.78 is 0. The highest BCUT2D eigenvalue weighted by molar-refractivity contribution is 7.07. The van der Waals surface area contributed by atoms with Gasteiger partial charge >= 0.3 is 0 Å². The van der Waals surface area contributed by atoms with Crippen LogP contribution in [0.2, 0.25) is 0 Å². The summed E-state index contributed by atoms with van der Waals surface area (Å²) in [5.74, 6) is 0.0269. The quantitative estimate of drug-likeness (QED) is 0.877. The fourth-order valence-corrected chi connectivity index (χ4v) is 4.26. The predicted molar refractivity (Wildman–Crippen MR) is 101 cm³/mol. The summed E-state index contributed by atoms with van der Waals surface area (Å²) in [6.45, 7) is 6.99. The molecule has 4 heteroatoms. The Labute approximate surface area is 148 Å². The molecule has 1 aromatic heterocycles. The molecule has 128 valence electrons. The van der Waals surface area contributed by atoms with Crippen LogP contribution in [-0.2, 0) is 0 Å². The first-order valence-corrected chi connectivity index (χ1v) is 9.70. The number of rotatable bonds is 5. The van der Waals surface area contributed by atoms with Gasteiger partial charge in [-0.1, -0.05) is 23.6 Å². The van der Waals surface area contributed by atoms with Gasteiger partial charge in [-0.3, -0.25) is 9.69 Å². The van der Waals surface area contributed by atoms with Crippen LogP contribution in [0.5, 0.6) is 0 Å². The molecule has 1 unspecified atom stereocenters. The Morgan fingerprint density at radius 2 is 1.88 bits per heavy atom. The first kappa shape index (κ1) is 17.2. The fraction of sp³-hybridized carbons (Fsp3) is 0.450. The Hall–Kier alpha value is -1.65. The van der Waals surface area contributed by atoms with Gasteiger partial charge in [0.05, 0.1) is 6.04 Å². The standard InChI is InChI=1S/C20H26N2OS/c1-15-10-16(2)12-18(11-15)20(23)21-13-19(17-6-9-24-14-17)22-7-4-3-5-8-22/h6,9-12,14,19H,3-5,7-8,13H2,1-2H3,(H,21,23). The van der Waals surface area contributed by atoms with Gasteiger partial charge < -0.3 is 5.32 Å². The van der Waals surface area contributed by atoms with Gasteiger partial charge in [0.2, 0.25) is 0 Å². The Morgan fingerprint density at radius 1 is 1.17 bits per heavy atom. The van der Waals surface area contributed by atoms with Crippen molar-refractivity contribution in [3.63, 3.8) is 0 Å². The molecular weight excluding hydrogens is 316 g/mol. The number of carbonyl (C=O) groups is 1. The molecule has 0 radical (unpaired) electrons. The number of piperidine rings is 1. The van der Waals surface area contributed by atoms with Gasteiger partial charge in [-0.2, -0.15) is 11.3 Å². The van der Waals surface area contributed by atoms with Gasteiger partial charge in [0.1, 0.15) is 0 Å². The van der Waals surface area contributed by atoms with E-state index in [4.69, 9.17) is 0 Å². The van der Waals surface area contributed by atoms with Crippen LogP contribution in [0.4, 0.5) is 0 Å². The predicted octanol–water partition coefficient (Wildman–Crippen LogP) is 4.32. The lowest BCUT2D eigenvalue weighted by Gasteiger charge is -2.34. The molecule has 1 aliphatic heterocycles. The summed E-state index contributed by atoms with van der Waals surface area (Å²) in [5, 5.41) is 7.50. The normalized spacial score (nSPS) is 16.8. The first-order valence-electron chi connectivity index (χ1n) is 8.76. The second-order valence-electron chi connectivity index (χ2n) is 6.76. The van der Waals surface area contributed by atoms with Crippen LogP contribution in [0.1, 0.15) is 52.4 Å². The minimum atomic E-state index is 0.0269. The minimum Gasteiger partial charge on any atom is -0.350 e. The summed E-state index contributed by atoms with van der Waals surface area (Å²) in [6.07, 6.45) is 3.83. The molecule has 1 aliphatic rings. The summed E-state index contributed by atoms with van der Waals surface area (Å²) in [6, 6.07) is 8.49. The van der Waals surface area contributed by atoms with E-state index in [1.807, 2.05) is 26.0 Å². The number of hydrogen-bond donors (Lipinski definition) is 1. The topological polar surface area (TPSA) is 32.3 Å². The van der Waals surface area contributed by atoms with E-state index in [-0.39, 0.29) is 11.9 Å². The number of benzene rings is 1. The van der Waals surface area contributed by atoms with Crippen LogP contribution < -0.4 is 5.32 Å². The van der Waals surface area contributed by atoms with Crippen LogP contribution in [0.25, 0.3) is 0 Å². The Bertz CT molecular complexity index is 655. The average Bonchev–Trinajstić information content (AvgIpc) is 3.09. The van der Waals surface area contributed by atoms with Crippen molar-refractivity contribution in [2.45, 2.75) is 39.2 Å². The summed E-state index contributed by atoms with van der Waals surface area (Å²) in [4.78, 5) is 15.1. The molecule has 1 saturated heterocycles. The highest BCUT2D eigenvalue weighted by atomic mass is 32.1. The molecule has 1 aromatic carbocycles. The molecule has 2 heterocycles. The molecule has 1 atom stereocenters. The molecule has 0 aliphatic carbocycles. The Morgan fingerprint density at radius 3 is 2.50 bits per heavy atom. The van der Waals surface area contributed by atoms with Crippen molar-refractivity contribution in [2.24, 2.45) is 0 Å². The van der Waals surface area contributed by atoms with Gasteiger partial charge in [0, 0.05) is 12.1 Å². The minimum absolute atomic E-state index is 0.0269. The van der Waals surface area contributed by atoms with Gasteiger partial charge in [0.25, 0.3) is 5.91 Å². The van der Waals surface area contributed by atoms with E-state index >= 15 is 0 Å². The van der Waals surface area contributed by atoms with Crippen molar-refractivity contribution in [1.82, 2.24) is 10.2 Å². The smallest absolute Gasteiger partial charge is 0.251 e. The van der Waals surface area contributed by atoms with Gasteiger partial charge in [0.15, 0.2) is 0 Å². The molecule has 1 N–H and O–H groups in total. The summed E-state index contributed by atoms with van der Waals surface area (Å²) in [7, 11) is 0. The zero-order valence-corrected chi connectivity index (χ0v) is 15.4. The average molecular weight is 343 g/mol. The van der Waals surface area contributed by atoms with Gasteiger partial charge in [-0.15, -0.1) is 0 Å². The maximum absolute atomic E-state index is 12.6. The van der Waals surface area contributed by atoms with E-state index in [2.05, 4.69) is 33.1 Å². The number of aryl methyl sites for hydroxylation is 2. The molecule has 3 rings (SSSR count). The van der Waals surface area contributed by atoms with E-state index in [1.165, 1.54) is 24.8 Å². The molecule has 1 fully saturated rings. The SMILES string of the molecule is Cc1cc(C)cc(C(=O)NCC(c2ccsc2)N2CCCCC2)c1. The van der Waals surface area contributed by atoms with E-state index in [0.717, 1.165) is 29.8 Å². The number of amides is 1. The van der Waals surface area contributed by atoms with Crippen molar-refractivity contribution in [2.75, 3.05) is 19.6 Å². The Balaban J connectivity index is 1.69. The third-order valence-corrected chi connectivity index (χ3v) is 5.40. The van der Waals surface area contributed by atoms with Crippen molar-refractivity contribution in [3.05, 3.63) is 57.3 Å². The van der Waals surface area contributed by atoms with E-state index in [9.17, 15) is 4.79 Å². The second-order valence-corrected chi connectivity index (χ2v) is 7.54. The zero-order chi connectivity index (χ0) is 16.9. The summed E-state index contributed by atoms with van der Waals surface area (Å²) >= 11 is 1.73. The first-order chi connectivity index (χ1) is 11.6. The molecule has 1 amide bonds. The van der Waals surface area contributed by atoms with Gasteiger partial charge in [-0.05, 0) is 74.3 Å². The van der Waals surface area contributed by atoms with E-state index in [1.54, 1.807) is 11.3 Å². The van der Waals surface area contributed by atoms with Gasteiger partial charge in [-0.25, -0.2) is 0 Å². The zero-order valence-electron chi connectivity index (χ0n) is 14.5. The number of likely N-dealkylation sites (tertiary alicyclic amines) is 1. The number of carbonyl (C=O) groups excluding carboxylic acids is 1. The highest BCUT2D eigenvalue weighted by Gasteiger charge is 2.23. The summed E-state index contributed by atoms with van der Waals surface area (Å²) in [5.41, 5.74) is 4.34. The van der Waals surface area contributed by atoms with Crippen molar-refractivity contribution in [1.29, 1.82) is 0 Å². The molecule has 0 spiro atoms. The van der Waals surface area contributed by atoms with Crippen LogP contribution in [0.15, 0.2) is 35.0 Å². The van der Waals surface area contributed by atoms with Crippen molar-refractivity contribution < 1.29 is 4.79 Å². The number of nitrogens with one attached hydrogen (secondary N) is 1. The number of hydrogen-bond acceptors (Lipinski definition) is 3. The number of thiophene rings is 1. The molecule has 3 nitrogen and oxygen atoms in total. The number of nitrogens with zero attached hydrogens (tertiary/aromatic N) is 1. The third kappa shape index (κ3) is 4.25. The lowest BCUT2D eigenvalue weighted by molar-refractivity contribution is 0.0924. The molecule has 24 heavy (non-hydrogen) atoms. The third-order valence-electron chi connectivity index (χ3n) is 4.70. The molecule has 2 aromatic rings. The lowest BCUT2D eigenvalue weighted by Crippen LogP contribution is -2.40. The maximum atomic E-state index is 12.6. The molecule has 0 saturated carbocycles. The van der Waals surface area contributed by atoms with Crippen molar-refractivity contribution in [3.8, 4) is 0 Å². The molecular formula is C20H26N2OS. The van der Waals surface area contributed by atoms with Crippen LogP contribution in [-0.4, -0.2) is 30.4 Å².